The predicted molar refractivity (Wildman–Crippen MR) is 77.7 cm³/mol. The zero-order valence-corrected chi connectivity index (χ0v) is 12.3. The molecule has 1 saturated carbocycles. The molecule has 3 unspecified atom stereocenters. The maximum atomic E-state index is 6.25. The summed E-state index contributed by atoms with van der Waals surface area (Å²) < 4.78 is 0. The summed E-state index contributed by atoms with van der Waals surface area (Å²) in [6, 6.07) is 1.24. The van der Waals surface area contributed by atoms with Crippen LogP contribution >= 0.6 is 0 Å². The first-order valence-corrected chi connectivity index (χ1v) is 7.89. The molecule has 3 nitrogen and oxygen atoms in total. The second-order valence-electron chi connectivity index (χ2n) is 6.35. The molecule has 1 saturated heterocycles. The fraction of sp³-hybridized carbons (Fsp3) is 1.00. The van der Waals surface area contributed by atoms with Gasteiger partial charge in [0, 0.05) is 25.2 Å². The number of hydrogen-bond acceptors (Lipinski definition) is 3. The van der Waals surface area contributed by atoms with Crippen LogP contribution in [0, 0.1) is 5.92 Å². The quantitative estimate of drug-likeness (QED) is 0.812. The summed E-state index contributed by atoms with van der Waals surface area (Å²) in [7, 11) is 2.29. The van der Waals surface area contributed by atoms with Crippen LogP contribution in [0.25, 0.3) is 0 Å². The van der Waals surface area contributed by atoms with E-state index in [-0.39, 0.29) is 0 Å². The summed E-state index contributed by atoms with van der Waals surface area (Å²) in [5, 5.41) is 0. The van der Waals surface area contributed by atoms with E-state index in [2.05, 4.69) is 23.8 Å². The van der Waals surface area contributed by atoms with Gasteiger partial charge in [0.05, 0.1) is 0 Å². The molecule has 0 amide bonds. The summed E-state index contributed by atoms with van der Waals surface area (Å²) in [5.74, 6) is 0.736. The summed E-state index contributed by atoms with van der Waals surface area (Å²) in [6.07, 6.45) is 8.07. The van der Waals surface area contributed by atoms with Crippen LogP contribution in [0.4, 0.5) is 0 Å². The Bertz CT molecular complexity index is 240. The Hall–Kier alpha value is -0.120. The number of rotatable bonds is 5. The second kappa shape index (κ2) is 6.88. The van der Waals surface area contributed by atoms with Gasteiger partial charge in [0.15, 0.2) is 0 Å². The Morgan fingerprint density at radius 2 is 1.89 bits per heavy atom. The third-order valence-electron chi connectivity index (χ3n) is 4.94. The van der Waals surface area contributed by atoms with E-state index < -0.39 is 0 Å². The van der Waals surface area contributed by atoms with Gasteiger partial charge >= 0.3 is 0 Å². The largest absolute Gasteiger partial charge is 0.327 e. The van der Waals surface area contributed by atoms with Crippen molar-refractivity contribution in [2.45, 2.75) is 57.5 Å². The van der Waals surface area contributed by atoms with Crippen molar-refractivity contribution < 1.29 is 0 Å². The van der Waals surface area contributed by atoms with E-state index in [1.54, 1.807) is 0 Å². The minimum absolute atomic E-state index is 0.451. The smallest absolute Gasteiger partial charge is 0.0223 e. The third-order valence-corrected chi connectivity index (χ3v) is 4.94. The molecule has 2 N–H and O–H groups in total. The Labute approximate surface area is 113 Å². The average Bonchev–Trinajstić information content (AvgIpc) is 2.79. The standard InChI is InChI=1S/C15H31N3/c1-3-18-10-6-8-14(18)12-17(2)11-13-7-4-5-9-15(13)16/h13-15H,3-12,16H2,1-2H3. The SMILES string of the molecule is CCN1CCCC1CN(C)CC1CCCCC1N. The molecule has 18 heavy (non-hydrogen) atoms. The molecule has 0 bridgehead atoms. The number of likely N-dealkylation sites (N-methyl/N-ethyl adjacent to an activating group) is 2. The minimum atomic E-state index is 0.451. The Balaban J connectivity index is 1.75. The van der Waals surface area contributed by atoms with Gasteiger partial charge in [-0.1, -0.05) is 19.8 Å². The van der Waals surface area contributed by atoms with Crippen molar-refractivity contribution in [1.29, 1.82) is 0 Å². The molecule has 3 heteroatoms. The number of hydrogen-bond donors (Lipinski definition) is 1. The van der Waals surface area contributed by atoms with Crippen molar-refractivity contribution in [3.8, 4) is 0 Å². The first kappa shape index (κ1) is 14.3. The van der Waals surface area contributed by atoms with Gasteiger partial charge in [0.25, 0.3) is 0 Å². The first-order valence-electron chi connectivity index (χ1n) is 7.89. The highest BCUT2D eigenvalue weighted by Gasteiger charge is 2.27. The normalized spacial score (nSPS) is 34.3. The summed E-state index contributed by atoms with van der Waals surface area (Å²) >= 11 is 0. The lowest BCUT2D eigenvalue weighted by Gasteiger charge is -2.34. The molecule has 106 valence electrons. The first-order chi connectivity index (χ1) is 8.70. The van der Waals surface area contributed by atoms with E-state index in [0.717, 1.165) is 12.0 Å². The predicted octanol–water partition coefficient (Wildman–Crippen LogP) is 1.92. The van der Waals surface area contributed by atoms with Crippen LogP contribution in [0.5, 0.6) is 0 Å². The fourth-order valence-corrected chi connectivity index (χ4v) is 3.82. The molecule has 0 aromatic carbocycles. The lowest BCUT2D eigenvalue weighted by molar-refractivity contribution is 0.161. The lowest BCUT2D eigenvalue weighted by atomic mass is 9.85. The molecule has 0 aromatic heterocycles. The van der Waals surface area contributed by atoms with E-state index >= 15 is 0 Å². The van der Waals surface area contributed by atoms with Gasteiger partial charge in [0.1, 0.15) is 0 Å². The van der Waals surface area contributed by atoms with E-state index in [4.69, 9.17) is 5.73 Å². The van der Waals surface area contributed by atoms with Gasteiger partial charge in [-0.15, -0.1) is 0 Å². The Kier molecular flexibility index (Phi) is 5.46. The van der Waals surface area contributed by atoms with Crippen LogP contribution in [0.1, 0.15) is 45.4 Å². The molecule has 2 aliphatic rings. The van der Waals surface area contributed by atoms with Crippen LogP contribution in [0.3, 0.4) is 0 Å². The van der Waals surface area contributed by atoms with Gasteiger partial charge in [-0.2, -0.15) is 0 Å². The molecule has 2 rings (SSSR count). The van der Waals surface area contributed by atoms with Crippen LogP contribution < -0.4 is 5.73 Å². The van der Waals surface area contributed by atoms with Gasteiger partial charge in [-0.25, -0.2) is 0 Å². The Morgan fingerprint density at radius 3 is 2.61 bits per heavy atom. The maximum absolute atomic E-state index is 6.25. The Morgan fingerprint density at radius 1 is 1.11 bits per heavy atom. The molecule has 0 spiro atoms. The van der Waals surface area contributed by atoms with Gasteiger partial charge in [0.2, 0.25) is 0 Å². The molecular formula is C15H31N3. The molecule has 3 atom stereocenters. The monoisotopic (exact) mass is 253 g/mol. The van der Waals surface area contributed by atoms with Crippen molar-refractivity contribution >= 4 is 0 Å². The highest BCUT2D eigenvalue weighted by Crippen LogP contribution is 2.24. The average molecular weight is 253 g/mol. The highest BCUT2D eigenvalue weighted by molar-refractivity contribution is 4.84. The zero-order valence-electron chi connectivity index (χ0n) is 12.3. The minimum Gasteiger partial charge on any atom is -0.327 e. The molecule has 1 aliphatic carbocycles. The van der Waals surface area contributed by atoms with Gasteiger partial charge < -0.3 is 10.6 Å². The molecule has 1 heterocycles. The zero-order chi connectivity index (χ0) is 13.0. The van der Waals surface area contributed by atoms with E-state index in [1.165, 1.54) is 64.7 Å². The van der Waals surface area contributed by atoms with E-state index in [0.29, 0.717) is 6.04 Å². The molecule has 2 fully saturated rings. The van der Waals surface area contributed by atoms with Crippen LogP contribution in [-0.2, 0) is 0 Å². The topological polar surface area (TPSA) is 32.5 Å². The molecule has 1 aliphatic heterocycles. The molecular weight excluding hydrogens is 222 g/mol. The maximum Gasteiger partial charge on any atom is 0.0223 e. The number of nitrogens with zero attached hydrogens (tertiary/aromatic N) is 2. The number of nitrogens with two attached hydrogens (primary N) is 1. The van der Waals surface area contributed by atoms with Crippen molar-refractivity contribution in [2.24, 2.45) is 11.7 Å². The van der Waals surface area contributed by atoms with Crippen molar-refractivity contribution in [3.05, 3.63) is 0 Å². The second-order valence-corrected chi connectivity index (χ2v) is 6.35. The van der Waals surface area contributed by atoms with Crippen LogP contribution in [-0.4, -0.2) is 55.1 Å². The van der Waals surface area contributed by atoms with Crippen molar-refractivity contribution in [3.63, 3.8) is 0 Å². The van der Waals surface area contributed by atoms with Crippen molar-refractivity contribution in [1.82, 2.24) is 9.80 Å². The lowest BCUT2D eigenvalue weighted by Crippen LogP contribution is -2.44. The highest BCUT2D eigenvalue weighted by atomic mass is 15.2. The third kappa shape index (κ3) is 3.69. The summed E-state index contributed by atoms with van der Waals surface area (Å²) in [6.45, 7) is 7.24. The summed E-state index contributed by atoms with van der Waals surface area (Å²) in [5.41, 5.74) is 6.25. The van der Waals surface area contributed by atoms with Crippen LogP contribution in [0.2, 0.25) is 0 Å². The fourth-order valence-electron chi connectivity index (χ4n) is 3.82. The molecule has 0 aromatic rings. The van der Waals surface area contributed by atoms with Crippen LogP contribution in [0.15, 0.2) is 0 Å². The van der Waals surface area contributed by atoms with E-state index in [9.17, 15) is 0 Å². The number of likely N-dealkylation sites (tertiary alicyclic amines) is 1. The van der Waals surface area contributed by atoms with Crippen molar-refractivity contribution in [2.75, 3.05) is 33.2 Å². The van der Waals surface area contributed by atoms with Gasteiger partial charge in [-0.05, 0) is 51.7 Å². The van der Waals surface area contributed by atoms with E-state index in [1.807, 2.05) is 0 Å². The summed E-state index contributed by atoms with van der Waals surface area (Å²) in [4.78, 5) is 5.17. The molecule has 0 radical (unpaired) electrons. The van der Waals surface area contributed by atoms with Gasteiger partial charge in [-0.3, -0.25) is 4.90 Å².